The number of carbonyl (C=O) groups is 1. The Labute approximate surface area is 138 Å². The molecule has 1 N–H and O–H groups in total. The summed E-state index contributed by atoms with van der Waals surface area (Å²) in [6.07, 6.45) is 0.187. The van der Waals surface area contributed by atoms with Gasteiger partial charge in [0.05, 0.1) is 23.6 Å². The van der Waals surface area contributed by atoms with Gasteiger partial charge in [-0.25, -0.2) is 0 Å². The van der Waals surface area contributed by atoms with E-state index in [1.54, 1.807) is 12.1 Å². The summed E-state index contributed by atoms with van der Waals surface area (Å²) in [6.45, 7) is 4.03. The van der Waals surface area contributed by atoms with Gasteiger partial charge in [-0.15, -0.1) is 11.3 Å². The number of ether oxygens (including phenoxy) is 1. The number of para-hydroxylation sites is 1. The van der Waals surface area contributed by atoms with Crippen LogP contribution in [0.4, 0.5) is 5.00 Å². The van der Waals surface area contributed by atoms with Crippen molar-refractivity contribution in [3.8, 4) is 11.8 Å². The molecule has 114 valence electrons. The average Bonchev–Trinajstić information content (AvgIpc) is 2.75. The summed E-state index contributed by atoms with van der Waals surface area (Å²) in [5.41, 5.74) is 1.44. The van der Waals surface area contributed by atoms with Crippen LogP contribution in [0.3, 0.4) is 0 Å². The number of thiophene rings is 1. The van der Waals surface area contributed by atoms with Crippen molar-refractivity contribution in [1.29, 1.82) is 5.26 Å². The molecule has 0 saturated carbocycles. The normalized spacial score (nSPS) is 10.1. The SMILES string of the molecule is Cc1sc(NC(=O)CCOc2ccccc2Cl)c(C#N)c1C. The maximum Gasteiger partial charge on any atom is 0.228 e. The van der Waals surface area contributed by atoms with E-state index < -0.39 is 0 Å². The molecule has 4 nitrogen and oxygen atoms in total. The molecule has 0 radical (unpaired) electrons. The van der Waals surface area contributed by atoms with Crippen LogP contribution in [0.5, 0.6) is 5.75 Å². The van der Waals surface area contributed by atoms with E-state index in [-0.39, 0.29) is 18.9 Å². The zero-order valence-corrected chi connectivity index (χ0v) is 13.8. The van der Waals surface area contributed by atoms with Crippen LogP contribution < -0.4 is 10.1 Å². The van der Waals surface area contributed by atoms with E-state index in [1.165, 1.54) is 11.3 Å². The summed E-state index contributed by atoms with van der Waals surface area (Å²) in [5.74, 6) is 0.363. The van der Waals surface area contributed by atoms with Gasteiger partial charge in [0.15, 0.2) is 0 Å². The van der Waals surface area contributed by atoms with Crippen molar-refractivity contribution in [1.82, 2.24) is 0 Å². The number of carbonyl (C=O) groups excluding carboxylic acids is 1. The van der Waals surface area contributed by atoms with E-state index in [0.29, 0.717) is 21.3 Å². The highest BCUT2D eigenvalue weighted by Crippen LogP contribution is 2.31. The molecule has 0 atom stereocenters. The number of rotatable bonds is 5. The summed E-state index contributed by atoms with van der Waals surface area (Å²) in [5, 5.41) is 13.0. The molecule has 1 heterocycles. The first-order chi connectivity index (χ1) is 10.5. The van der Waals surface area contributed by atoms with E-state index in [4.69, 9.17) is 21.6 Å². The van der Waals surface area contributed by atoms with Gasteiger partial charge in [0.2, 0.25) is 5.91 Å². The Hall–Kier alpha value is -2.03. The molecule has 0 unspecified atom stereocenters. The number of nitrogens with zero attached hydrogens (tertiary/aromatic N) is 1. The number of hydrogen-bond acceptors (Lipinski definition) is 4. The fourth-order valence-corrected chi connectivity index (χ4v) is 3.07. The Morgan fingerprint density at radius 1 is 1.41 bits per heavy atom. The number of benzene rings is 1. The molecule has 1 aromatic heterocycles. The van der Waals surface area contributed by atoms with Crippen LogP contribution in [0.1, 0.15) is 22.4 Å². The first-order valence-corrected chi connectivity index (χ1v) is 7.89. The molecule has 0 aliphatic carbocycles. The zero-order chi connectivity index (χ0) is 16.1. The summed E-state index contributed by atoms with van der Waals surface area (Å²) >= 11 is 7.38. The Bertz CT molecular complexity index is 734. The third kappa shape index (κ3) is 3.79. The largest absolute Gasteiger partial charge is 0.491 e. The van der Waals surface area contributed by atoms with E-state index >= 15 is 0 Å². The van der Waals surface area contributed by atoms with E-state index in [0.717, 1.165) is 10.4 Å². The molecule has 0 spiro atoms. The van der Waals surface area contributed by atoms with Crippen LogP contribution in [0.2, 0.25) is 5.02 Å². The van der Waals surface area contributed by atoms with Gasteiger partial charge in [0, 0.05) is 4.88 Å². The highest BCUT2D eigenvalue weighted by molar-refractivity contribution is 7.16. The average molecular weight is 335 g/mol. The molecule has 0 aliphatic heterocycles. The molecule has 0 bridgehead atoms. The number of nitrogens with one attached hydrogen (secondary N) is 1. The third-order valence-electron chi connectivity index (χ3n) is 3.17. The molecule has 6 heteroatoms. The second-order valence-corrected chi connectivity index (χ2v) is 6.31. The predicted molar refractivity (Wildman–Crippen MR) is 88.7 cm³/mol. The van der Waals surface area contributed by atoms with Gasteiger partial charge < -0.3 is 10.1 Å². The number of halogens is 1. The van der Waals surface area contributed by atoms with E-state index in [9.17, 15) is 4.79 Å². The lowest BCUT2D eigenvalue weighted by molar-refractivity contribution is -0.116. The molecule has 22 heavy (non-hydrogen) atoms. The third-order valence-corrected chi connectivity index (χ3v) is 4.61. The Kier molecular flexibility index (Phi) is 5.42. The molecule has 0 saturated heterocycles. The lowest BCUT2D eigenvalue weighted by atomic mass is 10.2. The molecule has 2 rings (SSSR count). The second-order valence-electron chi connectivity index (χ2n) is 4.68. The van der Waals surface area contributed by atoms with Gasteiger partial charge in [-0.2, -0.15) is 5.26 Å². The predicted octanol–water partition coefficient (Wildman–Crippen LogP) is 4.30. The number of amides is 1. The zero-order valence-electron chi connectivity index (χ0n) is 12.3. The molecule has 0 aliphatic rings. The van der Waals surface area contributed by atoms with Crippen molar-refractivity contribution in [2.45, 2.75) is 20.3 Å². The van der Waals surface area contributed by atoms with Crippen LogP contribution in [0, 0.1) is 25.2 Å². The molecular weight excluding hydrogens is 320 g/mol. The molecule has 0 fully saturated rings. The minimum atomic E-state index is -0.190. The Balaban J connectivity index is 1.90. The topological polar surface area (TPSA) is 62.1 Å². The number of aryl methyl sites for hydroxylation is 1. The van der Waals surface area contributed by atoms with Crippen LogP contribution in [0.15, 0.2) is 24.3 Å². The quantitative estimate of drug-likeness (QED) is 0.886. The minimum absolute atomic E-state index is 0.187. The maximum atomic E-state index is 11.9. The van der Waals surface area contributed by atoms with Crippen molar-refractivity contribution in [3.05, 3.63) is 45.3 Å². The van der Waals surface area contributed by atoms with Crippen LogP contribution in [0.25, 0.3) is 0 Å². The summed E-state index contributed by atoms with van der Waals surface area (Å²) in [6, 6.07) is 9.24. The fraction of sp³-hybridized carbons (Fsp3) is 0.250. The van der Waals surface area contributed by atoms with Gasteiger partial charge in [0.1, 0.15) is 16.8 Å². The highest BCUT2D eigenvalue weighted by Gasteiger charge is 2.14. The first-order valence-electron chi connectivity index (χ1n) is 6.70. The van der Waals surface area contributed by atoms with Gasteiger partial charge in [0.25, 0.3) is 0 Å². The van der Waals surface area contributed by atoms with E-state index in [2.05, 4.69) is 11.4 Å². The van der Waals surface area contributed by atoms with Gasteiger partial charge in [-0.1, -0.05) is 23.7 Å². The Morgan fingerprint density at radius 3 is 2.82 bits per heavy atom. The summed E-state index contributed by atoms with van der Waals surface area (Å²) in [4.78, 5) is 13.0. The standard InChI is InChI=1S/C16H15ClN2O2S/c1-10-11(2)22-16(12(10)9-18)19-15(20)7-8-21-14-6-4-3-5-13(14)17/h3-6H,7-8H2,1-2H3,(H,19,20). The molecule has 1 aromatic carbocycles. The number of hydrogen-bond donors (Lipinski definition) is 1. The summed E-state index contributed by atoms with van der Waals surface area (Å²) < 4.78 is 5.48. The van der Waals surface area contributed by atoms with Crippen molar-refractivity contribution in [3.63, 3.8) is 0 Å². The Morgan fingerprint density at radius 2 is 2.14 bits per heavy atom. The fourth-order valence-electron chi connectivity index (χ4n) is 1.85. The lowest BCUT2D eigenvalue weighted by Crippen LogP contribution is -2.15. The van der Waals surface area contributed by atoms with E-state index in [1.807, 2.05) is 26.0 Å². The maximum absolute atomic E-state index is 11.9. The first kappa shape index (κ1) is 16.3. The molecular formula is C16H15ClN2O2S. The summed E-state index contributed by atoms with van der Waals surface area (Å²) in [7, 11) is 0. The lowest BCUT2D eigenvalue weighted by Gasteiger charge is -2.07. The van der Waals surface area contributed by atoms with Crippen LogP contribution >= 0.6 is 22.9 Å². The van der Waals surface area contributed by atoms with Crippen molar-refractivity contribution in [2.75, 3.05) is 11.9 Å². The van der Waals surface area contributed by atoms with Crippen molar-refractivity contribution >= 4 is 33.8 Å². The number of nitriles is 1. The van der Waals surface area contributed by atoms with Gasteiger partial charge in [-0.05, 0) is 31.5 Å². The van der Waals surface area contributed by atoms with Gasteiger partial charge in [-0.3, -0.25) is 4.79 Å². The smallest absolute Gasteiger partial charge is 0.228 e. The van der Waals surface area contributed by atoms with Crippen LogP contribution in [-0.2, 0) is 4.79 Å². The van der Waals surface area contributed by atoms with Crippen molar-refractivity contribution in [2.24, 2.45) is 0 Å². The monoisotopic (exact) mass is 334 g/mol. The second kappa shape index (κ2) is 7.30. The minimum Gasteiger partial charge on any atom is -0.491 e. The highest BCUT2D eigenvalue weighted by atomic mass is 35.5. The van der Waals surface area contributed by atoms with Crippen molar-refractivity contribution < 1.29 is 9.53 Å². The van der Waals surface area contributed by atoms with Gasteiger partial charge >= 0.3 is 0 Å². The molecule has 1 amide bonds. The van der Waals surface area contributed by atoms with Crippen LogP contribution in [-0.4, -0.2) is 12.5 Å². The number of anilines is 1. The molecule has 2 aromatic rings.